The lowest BCUT2D eigenvalue weighted by Gasteiger charge is -2.30. The molecular weight excluding hydrogens is 338 g/mol. The van der Waals surface area contributed by atoms with Gasteiger partial charge in [-0.2, -0.15) is 0 Å². The molecule has 0 heterocycles. The van der Waals surface area contributed by atoms with E-state index in [0.29, 0.717) is 16.6 Å². The second-order valence-electron chi connectivity index (χ2n) is 5.13. The third-order valence-electron chi connectivity index (χ3n) is 3.15. The number of carbonyl (C=O) groups is 1. The highest BCUT2D eigenvalue weighted by molar-refractivity contribution is 9.10. The number of nitro groups is 1. The standard InChI is InChI=1S/C14H20BrN3O3/c1-5-17(10(2)9-16(3)4)14(19)11-6-7-12(15)13(8-11)18(20)21/h6-8,10H,5,9H2,1-4H3. The first-order valence-corrected chi connectivity index (χ1v) is 7.46. The SMILES string of the molecule is CCN(C(=O)c1ccc(Br)c([N+](=O)[O-])c1)C(C)CN(C)C. The van der Waals surface area contributed by atoms with Crippen LogP contribution in [0.15, 0.2) is 22.7 Å². The Morgan fingerprint density at radius 2 is 2.05 bits per heavy atom. The highest BCUT2D eigenvalue weighted by Gasteiger charge is 2.23. The molecule has 0 spiro atoms. The minimum Gasteiger partial charge on any atom is -0.335 e. The molecule has 1 amide bonds. The first-order valence-electron chi connectivity index (χ1n) is 6.67. The quantitative estimate of drug-likeness (QED) is 0.579. The number of amides is 1. The zero-order valence-corrected chi connectivity index (χ0v) is 14.3. The lowest BCUT2D eigenvalue weighted by molar-refractivity contribution is -0.385. The summed E-state index contributed by atoms with van der Waals surface area (Å²) >= 11 is 3.12. The molecule has 0 saturated heterocycles. The predicted octanol–water partition coefficient (Wildman–Crippen LogP) is 2.77. The van der Waals surface area contributed by atoms with Crippen LogP contribution in [0.5, 0.6) is 0 Å². The first kappa shape index (κ1) is 17.6. The Morgan fingerprint density at radius 3 is 2.52 bits per heavy atom. The number of benzene rings is 1. The molecule has 0 aliphatic heterocycles. The average Bonchev–Trinajstić information content (AvgIpc) is 2.38. The van der Waals surface area contributed by atoms with Crippen molar-refractivity contribution < 1.29 is 9.72 Å². The fourth-order valence-electron chi connectivity index (χ4n) is 2.23. The number of nitrogens with zero attached hydrogens (tertiary/aromatic N) is 3. The van der Waals surface area contributed by atoms with E-state index >= 15 is 0 Å². The van der Waals surface area contributed by atoms with Gasteiger partial charge in [-0.05, 0) is 56.0 Å². The number of carbonyl (C=O) groups excluding carboxylic acids is 1. The van der Waals surface area contributed by atoms with Crippen molar-refractivity contribution in [1.29, 1.82) is 0 Å². The lowest BCUT2D eigenvalue weighted by Crippen LogP contribution is -2.43. The second-order valence-corrected chi connectivity index (χ2v) is 5.98. The van der Waals surface area contributed by atoms with Crippen LogP contribution in [0.1, 0.15) is 24.2 Å². The van der Waals surface area contributed by atoms with Crippen molar-refractivity contribution in [3.05, 3.63) is 38.3 Å². The minimum atomic E-state index is -0.500. The van der Waals surface area contributed by atoms with Crippen LogP contribution in [0.2, 0.25) is 0 Å². The number of hydrogen-bond acceptors (Lipinski definition) is 4. The van der Waals surface area contributed by atoms with Crippen LogP contribution in [0, 0.1) is 10.1 Å². The van der Waals surface area contributed by atoms with E-state index in [1.54, 1.807) is 11.0 Å². The summed E-state index contributed by atoms with van der Waals surface area (Å²) in [5.74, 6) is -0.192. The summed E-state index contributed by atoms with van der Waals surface area (Å²) in [6, 6.07) is 4.48. The fourth-order valence-corrected chi connectivity index (χ4v) is 2.63. The van der Waals surface area contributed by atoms with E-state index in [1.165, 1.54) is 12.1 Å². The monoisotopic (exact) mass is 357 g/mol. The van der Waals surface area contributed by atoms with Crippen LogP contribution >= 0.6 is 15.9 Å². The van der Waals surface area contributed by atoms with Crippen LogP contribution in [-0.4, -0.2) is 53.9 Å². The normalized spacial score (nSPS) is 12.3. The van der Waals surface area contributed by atoms with Gasteiger partial charge in [0.05, 0.1) is 9.40 Å². The zero-order valence-electron chi connectivity index (χ0n) is 12.7. The molecule has 0 bridgehead atoms. The number of nitro benzene ring substituents is 1. The maximum absolute atomic E-state index is 12.6. The molecule has 0 aliphatic carbocycles. The molecule has 6 nitrogen and oxygen atoms in total. The van der Waals surface area contributed by atoms with Gasteiger partial charge >= 0.3 is 0 Å². The Kier molecular flexibility index (Phi) is 6.29. The highest BCUT2D eigenvalue weighted by Crippen LogP contribution is 2.26. The third-order valence-corrected chi connectivity index (χ3v) is 3.82. The highest BCUT2D eigenvalue weighted by atomic mass is 79.9. The summed E-state index contributed by atoms with van der Waals surface area (Å²) in [4.78, 5) is 26.7. The van der Waals surface area contributed by atoms with Crippen molar-refractivity contribution in [3.63, 3.8) is 0 Å². The van der Waals surface area contributed by atoms with Crippen LogP contribution in [0.25, 0.3) is 0 Å². The molecule has 1 unspecified atom stereocenters. The Balaban J connectivity index is 3.05. The van der Waals surface area contributed by atoms with E-state index in [4.69, 9.17) is 0 Å². The maximum Gasteiger partial charge on any atom is 0.284 e. The van der Waals surface area contributed by atoms with Gasteiger partial charge in [0.2, 0.25) is 0 Å². The number of rotatable bonds is 6. The van der Waals surface area contributed by atoms with Crippen LogP contribution in [0.3, 0.4) is 0 Å². The zero-order chi connectivity index (χ0) is 16.2. The minimum absolute atomic E-state index is 0.0280. The Morgan fingerprint density at radius 1 is 1.43 bits per heavy atom. The van der Waals surface area contributed by atoms with Crippen LogP contribution < -0.4 is 0 Å². The molecule has 0 aromatic heterocycles. The summed E-state index contributed by atoms with van der Waals surface area (Å²) < 4.78 is 0.369. The maximum atomic E-state index is 12.6. The summed E-state index contributed by atoms with van der Waals surface area (Å²) in [7, 11) is 3.89. The van der Waals surface area contributed by atoms with Crippen molar-refractivity contribution in [1.82, 2.24) is 9.80 Å². The third kappa shape index (κ3) is 4.50. The Labute approximate surface area is 133 Å². The average molecular weight is 358 g/mol. The van der Waals surface area contributed by atoms with E-state index in [-0.39, 0.29) is 17.6 Å². The first-order chi connectivity index (χ1) is 9.77. The Bertz CT molecular complexity index is 534. The summed E-state index contributed by atoms with van der Waals surface area (Å²) in [6.07, 6.45) is 0. The van der Waals surface area contributed by atoms with E-state index in [9.17, 15) is 14.9 Å². The van der Waals surface area contributed by atoms with Crippen molar-refractivity contribution in [2.45, 2.75) is 19.9 Å². The number of hydrogen-bond donors (Lipinski definition) is 0. The van der Waals surface area contributed by atoms with Gasteiger partial charge in [-0.1, -0.05) is 0 Å². The van der Waals surface area contributed by atoms with Gasteiger partial charge < -0.3 is 9.80 Å². The summed E-state index contributed by atoms with van der Waals surface area (Å²) in [5, 5.41) is 11.0. The number of halogens is 1. The molecule has 0 N–H and O–H groups in total. The fraction of sp³-hybridized carbons (Fsp3) is 0.500. The molecule has 1 aromatic carbocycles. The van der Waals surface area contributed by atoms with Crippen LogP contribution in [-0.2, 0) is 0 Å². The van der Waals surface area contributed by atoms with E-state index in [2.05, 4.69) is 15.9 Å². The molecule has 1 atom stereocenters. The molecule has 0 aliphatic rings. The van der Waals surface area contributed by atoms with Crippen molar-refractivity contribution in [3.8, 4) is 0 Å². The van der Waals surface area contributed by atoms with Crippen molar-refractivity contribution in [2.24, 2.45) is 0 Å². The van der Waals surface area contributed by atoms with Crippen LogP contribution in [0.4, 0.5) is 5.69 Å². The summed E-state index contributed by atoms with van der Waals surface area (Å²) in [6.45, 7) is 5.15. The van der Waals surface area contributed by atoms with E-state index in [0.717, 1.165) is 6.54 Å². The molecular formula is C14H20BrN3O3. The molecule has 1 aromatic rings. The topological polar surface area (TPSA) is 66.7 Å². The van der Waals surface area contributed by atoms with Gasteiger partial charge in [-0.15, -0.1) is 0 Å². The van der Waals surface area contributed by atoms with Crippen molar-refractivity contribution in [2.75, 3.05) is 27.2 Å². The van der Waals surface area contributed by atoms with Gasteiger partial charge in [-0.3, -0.25) is 14.9 Å². The van der Waals surface area contributed by atoms with Gasteiger partial charge in [0.15, 0.2) is 0 Å². The molecule has 0 fully saturated rings. The molecule has 21 heavy (non-hydrogen) atoms. The van der Waals surface area contributed by atoms with Gasteiger partial charge in [0.1, 0.15) is 0 Å². The molecule has 0 saturated carbocycles. The van der Waals surface area contributed by atoms with Gasteiger partial charge in [0.25, 0.3) is 11.6 Å². The Hall–Kier alpha value is -1.47. The second kappa shape index (κ2) is 7.51. The van der Waals surface area contributed by atoms with Crippen molar-refractivity contribution >= 4 is 27.5 Å². The predicted molar refractivity (Wildman–Crippen MR) is 85.5 cm³/mol. The van der Waals surface area contributed by atoms with Gasteiger partial charge in [0, 0.05) is 30.8 Å². The largest absolute Gasteiger partial charge is 0.335 e. The molecule has 116 valence electrons. The van der Waals surface area contributed by atoms with E-state index < -0.39 is 4.92 Å². The molecule has 7 heteroatoms. The summed E-state index contributed by atoms with van der Waals surface area (Å²) in [5.41, 5.74) is 0.231. The van der Waals surface area contributed by atoms with E-state index in [1.807, 2.05) is 32.8 Å². The lowest BCUT2D eigenvalue weighted by atomic mass is 10.1. The number of likely N-dealkylation sites (N-methyl/N-ethyl adjacent to an activating group) is 2. The smallest absolute Gasteiger partial charge is 0.284 e. The molecule has 1 rings (SSSR count). The van der Waals surface area contributed by atoms with Gasteiger partial charge in [-0.25, -0.2) is 0 Å². The molecule has 0 radical (unpaired) electrons.